The van der Waals surface area contributed by atoms with E-state index >= 15 is 0 Å². The van der Waals surface area contributed by atoms with Gasteiger partial charge < -0.3 is 4.74 Å². The summed E-state index contributed by atoms with van der Waals surface area (Å²) in [6.07, 6.45) is 3.08. The van der Waals surface area contributed by atoms with E-state index in [9.17, 15) is 4.79 Å². The van der Waals surface area contributed by atoms with E-state index in [1.54, 1.807) is 0 Å². The van der Waals surface area contributed by atoms with Crippen molar-refractivity contribution in [1.82, 2.24) is 0 Å². The third kappa shape index (κ3) is 5.42. The molecule has 0 amide bonds. The van der Waals surface area contributed by atoms with E-state index < -0.39 is 0 Å². The molecule has 0 bridgehead atoms. The van der Waals surface area contributed by atoms with Gasteiger partial charge >= 0.3 is 5.97 Å². The molecule has 2 nitrogen and oxygen atoms in total. The molecule has 0 aliphatic heterocycles. The number of carbonyl (C=O) groups excluding carboxylic acids is 1. The lowest BCUT2D eigenvalue weighted by Crippen LogP contribution is -2.28. The zero-order chi connectivity index (χ0) is 9.61. The molecule has 0 atom stereocenters. The van der Waals surface area contributed by atoms with Crippen molar-refractivity contribution in [2.45, 2.75) is 45.6 Å². The van der Waals surface area contributed by atoms with Crippen molar-refractivity contribution in [3.63, 3.8) is 0 Å². The summed E-state index contributed by atoms with van der Waals surface area (Å²) in [5.41, 5.74) is -0.359. The maximum Gasteiger partial charge on any atom is 0.321 e. The smallest absolute Gasteiger partial charge is 0.321 e. The van der Waals surface area contributed by atoms with Gasteiger partial charge in [0.25, 0.3) is 0 Å². The number of esters is 1. The van der Waals surface area contributed by atoms with Crippen LogP contribution in [-0.4, -0.2) is 17.5 Å². The van der Waals surface area contributed by atoms with E-state index in [1.807, 2.05) is 13.8 Å². The van der Waals surface area contributed by atoms with E-state index in [1.165, 1.54) is 0 Å². The molecule has 12 heavy (non-hydrogen) atoms. The van der Waals surface area contributed by atoms with Gasteiger partial charge in [0.15, 0.2) is 0 Å². The Morgan fingerprint density at radius 3 is 2.50 bits per heavy atom. The Morgan fingerprint density at radius 1 is 1.50 bits per heavy atom. The molecule has 0 spiro atoms. The summed E-state index contributed by atoms with van der Waals surface area (Å²) < 4.78 is 5.12. The molecule has 3 heteroatoms. The highest BCUT2D eigenvalue weighted by atomic mass is 35.5. The van der Waals surface area contributed by atoms with Crippen LogP contribution in [0.2, 0.25) is 0 Å². The minimum Gasteiger partial charge on any atom is -0.459 e. The lowest BCUT2D eigenvalue weighted by Gasteiger charge is -2.24. The average Bonchev–Trinajstić information content (AvgIpc) is 2.00. The number of hydrogen-bond acceptors (Lipinski definition) is 2. The van der Waals surface area contributed by atoms with Gasteiger partial charge in [-0.25, -0.2) is 0 Å². The maximum absolute atomic E-state index is 10.8. The number of unbranched alkanes of at least 4 members (excludes halogenated alkanes) is 1. The fourth-order valence-electron chi connectivity index (χ4n) is 0.989. The molecule has 0 radical (unpaired) electrons. The van der Waals surface area contributed by atoms with Crippen LogP contribution in [0.25, 0.3) is 0 Å². The SMILES string of the molecule is CCCCC(C)(C)OC(=O)CCl. The summed E-state index contributed by atoms with van der Waals surface area (Å²) in [6.45, 7) is 5.93. The van der Waals surface area contributed by atoms with Gasteiger partial charge in [0.2, 0.25) is 0 Å². The van der Waals surface area contributed by atoms with Crippen LogP contribution in [0.5, 0.6) is 0 Å². The lowest BCUT2D eigenvalue weighted by atomic mass is 10.0. The van der Waals surface area contributed by atoms with Crippen molar-refractivity contribution in [3.05, 3.63) is 0 Å². The van der Waals surface area contributed by atoms with Crippen LogP contribution in [-0.2, 0) is 9.53 Å². The minimum absolute atomic E-state index is 0.0600. The number of halogens is 1. The number of rotatable bonds is 5. The van der Waals surface area contributed by atoms with Gasteiger partial charge in [-0.1, -0.05) is 13.3 Å². The quantitative estimate of drug-likeness (QED) is 0.495. The zero-order valence-electron chi connectivity index (χ0n) is 8.02. The second-order valence-corrected chi connectivity index (χ2v) is 3.74. The molecule has 0 rings (SSSR count). The molecule has 0 aromatic rings. The summed E-state index contributed by atoms with van der Waals surface area (Å²) in [4.78, 5) is 10.8. The maximum atomic E-state index is 10.8. The van der Waals surface area contributed by atoms with E-state index in [0.717, 1.165) is 19.3 Å². The van der Waals surface area contributed by atoms with Crippen molar-refractivity contribution in [2.24, 2.45) is 0 Å². The molecule has 0 aromatic heterocycles. The predicted molar refractivity (Wildman–Crippen MR) is 50.4 cm³/mol. The Morgan fingerprint density at radius 2 is 2.08 bits per heavy atom. The highest BCUT2D eigenvalue weighted by Gasteiger charge is 2.21. The van der Waals surface area contributed by atoms with Gasteiger partial charge in [0.1, 0.15) is 11.5 Å². The van der Waals surface area contributed by atoms with Gasteiger partial charge in [-0.2, -0.15) is 0 Å². The van der Waals surface area contributed by atoms with E-state index in [0.29, 0.717) is 0 Å². The van der Waals surface area contributed by atoms with Crippen LogP contribution >= 0.6 is 11.6 Å². The summed E-state index contributed by atoms with van der Waals surface area (Å²) >= 11 is 5.32. The predicted octanol–water partition coefficient (Wildman–Crippen LogP) is 2.74. The van der Waals surface area contributed by atoms with E-state index in [-0.39, 0.29) is 17.5 Å². The molecular formula is C9H17ClO2. The highest BCUT2D eigenvalue weighted by Crippen LogP contribution is 2.17. The summed E-state index contributed by atoms with van der Waals surface area (Å²) in [6, 6.07) is 0. The normalized spacial score (nSPS) is 11.3. The van der Waals surface area contributed by atoms with Crippen LogP contribution in [0.4, 0.5) is 0 Å². The topological polar surface area (TPSA) is 26.3 Å². The first-order chi connectivity index (χ1) is 5.52. The Hall–Kier alpha value is -0.240. The second-order valence-electron chi connectivity index (χ2n) is 3.47. The van der Waals surface area contributed by atoms with Crippen LogP contribution in [0.15, 0.2) is 0 Å². The molecule has 0 saturated carbocycles. The fourth-order valence-corrected chi connectivity index (χ4v) is 1.04. The monoisotopic (exact) mass is 192 g/mol. The van der Waals surface area contributed by atoms with Crippen LogP contribution < -0.4 is 0 Å². The average molecular weight is 193 g/mol. The Balaban J connectivity index is 3.77. The molecule has 0 N–H and O–H groups in total. The molecule has 0 aliphatic rings. The Bertz CT molecular complexity index is 143. The van der Waals surface area contributed by atoms with Crippen molar-refractivity contribution in [3.8, 4) is 0 Å². The van der Waals surface area contributed by atoms with Gasteiger partial charge in [-0.15, -0.1) is 11.6 Å². The first-order valence-electron chi connectivity index (χ1n) is 4.29. The molecule has 0 aliphatic carbocycles. The molecule has 0 saturated heterocycles. The van der Waals surface area contributed by atoms with Crippen LogP contribution in [0.1, 0.15) is 40.0 Å². The first-order valence-corrected chi connectivity index (χ1v) is 4.83. The van der Waals surface area contributed by atoms with E-state index in [2.05, 4.69) is 6.92 Å². The molecule has 72 valence electrons. The molecule has 0 aromatic carbocycles. The van der Waals surface area contributed by atoms with Crippen molar-refractivity contribution >= 4 is 17.6 Å². The molecule has 0 unspecified atom stereocenters. The zero-order valence-corrected chi connectivity index (χ0v) is 8.78. The summed E-state index contributed by atoms with van der Waals surface area (Å²) in [7, 11) is 0. The van der Waals surface area contributed by atoms with Gasteiger partial charge in [0.05, 0.1) is 0 Å². The number of ether oxygens (including phenoxy) is 1. The molecule has 0 heterocycles. The van der Waals surface area contributed by atoms with Crippen molar-refractivity contribution in [1.29, 1.82) is 0 Å². The van der Waals surface area contributed by atoms with Gasteiger partial charge in [0, 0.05) is 0 Å². The third-order valence-corrected chi connectivity index (χ3v) is 1.85. The van der Waals surface area contributed by atoms with Gasteiger partial charge in [-0.05, 0) is 26.7 Å². The van der Waals surface area contributed by atoms with Gasteiger partial charge in [-0.3, -0.25) is 4.79 Å². The van der Waals surface area contributed by atoms with Crippen LogP contribution in [0, 0.1) is 0 Å². The summed E-state index contributed by atoms with van der Waals surface area (Å²) in [5.74, 6) is -0.395. The molecular weight excluding hydrogens is 176 g/mol. The lowest BCUT2D eigenvalue weighted by molar-refractivity contribution is -0.153. The fraction of sp³-hybridized carbons (Fsp3) is 0.889. The molecule has 0 fully saturated rings. The van der Waals surface area contributed by atoms with E-state index in [4.69, 9.17) is 16.3 Å². The van der Waals surface area contributed by atoms with Crippen LogP contribution in [0.3, 0.4) is 0 Å². The second kappa shape index (κ2) is 5.41. The summed E-state index contributed by atoms with van der Waals surface area (Å²) in [5, 5.41) is 0. The number of carbonyl (C=O) groups is 1. The third-order valence-electron chi connectivity index (χ3n) is 1.63. The Labute approximate surface area is 79.2 Å². The minimum atomic E-state index is -0.359. The van der Waals surface area contributed by atoms with Crippen molar-refractivity contribution < 1.29 is 9.53 Å². The highest BCUT2D eigenvalue weighted by molar-refractivity contribution is 6.26. The largest absolute Gasteiger partial charge is 0.459 e. The van der Waals surface area contributed by atoms with Crippen molar-refractivity contribution in [2.75, 3.05) is 5.88 Å². The number of alkyl halides is 1. The first kappa shape index (κ1) is 11.8. The standard InChI is InChI=1S/C9H17ClO2/c1-4-5-6-9(2,3)12-8(11)7-10/h4-7H2,1-3H3. The Kier molecular flexibility index (Phi) is 5.31. The number of hydrogen-bond donors (Lipinski definition) is 0.